The minimum absolute atomic E-state index is 0.0151. The first-order valence-corrected chi connectivity index (χ1v) is 6.93. The van der Waals surface area contributed by atoms with Crippen LogP contribution in [-0.2, 0) is 9.84 Å². The van der Waals surface area contributed by atoms with Gasteiger partial charge >= 0.3 is 0 Å². The van der Waals surface area contributed by atoms with Crippen molar-refractivity contribution in [1.82, 2.24) is 0 Å². The number of hydrogen-bond donors (Lipinski definition) is 0. The number of sulfone groups is 1. The molecule has 0 bridgehead atoms. The van der Waals surface area contributed by atoms with E-state index in [1.165, 1.54) is 32.0 Å². The molecular weight excluding hydrogens is 266 g/mol. The molecule has 0 fully saturated rings. The Balaban J connectivity index is 3.31. The van der Waals surface area contributed by atoms with Crippen LogP contribution < -0.4 is 0 Å². The maximum Gasteiger partial charge on any atom is 0.269 e. The highest BCUT2D eigenvalue weighted by Gasteiger charge is 2.25. The first-order chi connectivity index (χ1) is 7.80. The molecule has 0 amide bonds. The largest absolute Gasteiger partial charge is 0.269 e. The van der Waals surface area contributed by atoms with Gasteiger partial charge in [-0.2, -0.15) is 0 Å². The molecule has 0 spiro atoms. The summed E-state index contributed by atoms with van der Waals surface area (Å²) in [6.07, 6.45) is 0. The molecule has 1 rings (SSSR count). The predicted molar refractivity (Wildman–Crippen MR) is 65.2 cm³/mol. The number of rotatable bonds is 4. The Bertz CT molecular complexity index is 541. The van der Waals surface area contributed by atoms with Crippen LogP contribution in [-0.4, -0.2) is 24.5 Å². The number of aryl methyl sites for hydroxylation is 1. The van der Waals surface area contributed by atoms with E-state index in [2.05, 4.69) is 0 Å². The number of nitro benzene ring substituents is 1. The van der Waals surface area contributed by atoms with Gasteiger partial charge in [0.25, 0.3) is 5.69 Å². The highest BCUT2D eigenvalue weighted by Crippen LogP contribution is 2.24. The lowest BCUT2D eigenvalue weighted by Gasteiger charge is -2.11. The molecule has 5 nitrogen and oxygen atoms in total. The van der Waals surface area contributed by atoms with Crippen LogP contribution in [0, 0.1) is 17.0 Å². The van der Waals surface area contributed by atoms with E-state index in [4.69, 9.17) is 11.6 Å². The quantitative estimate of drug-likeness (QED) is 0.481. The van der Waals surface area contributed by atoms with Gasteiger partial charge in [-0.15, -0.1) is 11.6 Å². The van der Waals surface area contributed by atoms with Gasteiger partial charge in [0.2, 0.25) is 0 Å². The van der Waals surface area contributed by atoms with Crippen molar-refractivity contribution < 1.29 is 13.3 Å². The maximum absolute atomic E-state index is 12.0. The number of non-ortho nitro benzene ring substituents is 1. The highest BCUT2D eigenvalue weighted by atomic mass is 35.5. The molecule has 1 atom stereocenters. The predicted octanol–water partition coefficient (Wildman–Crippen LogP) is 2.30. The van der Waals surface area contributed by atoms with E-state index in [1.54, 1.807) is 0 Å². The molecule has 0 N–H and O–H groups in total. The molecule has 7 heteroatoms. The zero-order chi connectivity index (χ0) is 13.2. The zero-order valence-corrected chi connectivity index (χ0v) is 11.0. The summed E-state index contributed by atoms with van der Waals surface area (Å²) in [6, 6.07) is 3.68. The van der Waals surface area contributed by atoms with E-state index in [0.29, 0.717) is 5.56 Å². The molecule has 94 valence electrons. The molecular formula is C10H12ClNO4S. The fourth-order valence-electron chi connectivity index (χ4n) is 1.37. The second-order valence-corrected chi connectivity index (χ2v) is 6.36. The topological polar surface area (TPSA) is 77.3 Å². The summed E-state index contributed by atoms with van der Waals surface area (Å²) >= 11 is 5.53. The van der Waals surface area contributed by atoms with Crippen LogP contribution >= 0.6 is 11.6 Å². The number of alkyl halides is 1. The van der Waals surface area contributed by atoms with Gasteiger partial charge in [-0.25, -0.2) is 8.42 Å². The Kier molecular flexibility index (Phi) is 4.11. The van der Waals surface area contributed by atoms with Crippen molar-refractivity contribution >= 4 is 27.1 Å². The van der Waals surface area contributed by atoms with E-state index >= 15 is 0 Å². The fourth-order valence-corrected chi connectivity index (χ4v) is 3.23. The van der Waals surface area contributed by atoms with Crippen LogP contribution in [0.2, 0.25) is 0 Å². The Labute approximate surface area is 104 Å². The number of benzene rings is 1. The smallest absolute Gasteiger partial charge is 0.258 e. The van der Waals surface area contributed by atoms with Crippen molar-refractivity contribution in [1.29, 1.82) is 0 Å². The molecule has 0 aliphatic heterocycles. The third kappa shape index (κ3) is 2.76. The third-order valence-electron chi connectivity index (χ3n) is 2.42. The zero-order valence-electron chi connectivity index (χ0n) is 9.38. The second kappa shape index (κ2) is 5.01. The lowest BCUT2D eigenvalue weighted by Crippen LogP contribution is -2.20. The van der Waals surface area contributed by atoms with Crippen LogP contribution in [0.15, 0.2) is 23.1 Å². The average molecular weight is 278 g/mol. The molecule has 1 aromatic carbocycles. The van der Waals surface area contributed by atoms with Crippen molar-refractivity contribution in [3.05, 3.63) is 33.9 Å². The van der Waals surface area contributed by atoms with E-state index in [0.717, 1.165) is 0 Å². The number of nitrogens with zero attached hydrogens (tertiary/aromatic N) is 1. The minimum atomic E-state index is -3.52. The van der Waals surface area contributed by atoms with Crippen molar-refractivity contribution in [3.63, 3.8) is 0 Å². The third-order valence-corrected chi connectivity index (χ3v) is 5.37. The van der Waals surface area contributed by atoms with Gasteiger partial charge in [-0.05, 0) is 25.5 Å². The molecule has 17 heavy (non-hydrogen) atoms. The van der Waals surface area contributed by atoms with Crippen molar-refractivity contribution in [2.24, 2.45) is 0 Å². The summed E-state index contributed by atoms with van der Waals surface area (Å²) < 4.78 is 24.0. The molecule has 0 saturated heterocycles. The lowest BCUT2D eigenvalue weighted by atomic mass is 10.2. The summed E-state index contributed by atoms with van der Waals surface area (Å²) in [5, 5.41) is 9.82. The Morgan fingerprint density at radius 2 is 2.06 bits per heavy atom. The molecule has 1 unspecified atom stereocenters. The summed E-state index contributed by atoms with van der Waals surface area (Å²) in [7, 11) is -3.52. The van der Waals surface area contributed by atoms with Crippen LogP contribution in [0.25, 0.3) is 0 Å². The first kappa shape index (κ1) is 13.9. The molecule has 0 aliphatic rings. The van der Waals surface area contributed by atoms with Crippen molar-refractivity contribution in [2.75, 3.05) is 5.88 Å². The minimum Gasteiger partial charge on any atom is -0.258 e. The van der Waals surface area contributed by atoms with Gasteiger partial charge in [0.1, 0.15) is 0 Å². The SMILES string of the molecule is Cc1cc([N+](=O)[O-])ccc1S(=O)(=O)C(C)CCl. The highest BCUT2D eigenvalue weighted by molar-refractivity contribution is 7.92. The molecule has 0 aliphatic carbocycles. The number of nitro groups is 1. The molecule has 0 saturated carbocycles. The number of halogens is 1. The van der Waals surface area contributed by atoms with Crippen LogP contribution in [0.4, 0.5) is 5.69 Å². The normalized spacial score (nSPS) is 13.4. The Morgan fingerprint density at radius 3 is 2.47 bits per heavy atom. The number of hydrogen-bond acceptors (Lipinski definition) is 4. The van der Waals surface area contributed by atoms with Gasteiger partial charge in [-0.1, -0.05) is 0 Å². The van der Waals surface area contributed by atoms with Crippen molar-refractivity contribution in [3.8, 4) is 0 Å². The van der Waals surface area contributed by atoms with Gasteiger partial charge in [0, 0.05) is 18.0 Å². The lowest BCUT2D eigenvalue weighted by molar-refractivity contribution is -0.385. The maximum atomic E-state index is 12.0. The fraction of sp³-hybridized carbons (Fsp3) is 0.400. The van der Waals surface area contributed by atoms with Gasteiger partial charge in [-0.3, -0.25) is 10.1 Å². The average Bonchev–Trinajstić information content (AvgIpc) is 2.27. The van der Waals surface area contributed by atoms with E-state index < -0.39 is 20.0 Å². The Morgan fingerprint density at radius 1 is 1.47 bits per heavy atom. The standard InChI is InChI=1S/C10H12ClNO4S/c1-7-5-9(12(13)14)3-4-10(7)17(15,16)8(2)6-11/h3-5,8H,6H2,1-2H3. The molecule has 1 aromatic rings. The second-order valence-electron chi connectivity index (χ2n) is 3.72. The van der Waals surface area contributed by atoms with E-state index in [1.807, 2.05) is 0 Å². The van der Waals surface area contributed by atoms with E-state index in [-0.39, 0.29) is 16.5 Å². The molecule has 0 heterocycles. The summed E-state index contributed by atoms with van der Waals surface area (Å²) in [5.74, 6) is -0.0151. The van der Waals surface area contributed by atoms with Gasteiger partial charge in [0.05, 0.1) is 15.1 Å². The summed E-state index contributed by atoms with van der Waals surface area (Å²) in [4.78, 5) is 10.1. The van der Waals surface area contributed by atoms with Gasteiger partial charge < -0.3 is 0 Å². The molecule has 0 aromatic heterocycles. The van der Waals surface area contributed by atoms with Crippen LogP contribution in [0.5, 0.6) is 0 Å². The molecule has 0 radical (unpaired) electrons. The van der Waals surface area contributed by atoms with E-state index in [9.17, 15) is 18.5 Å². The first-order valence-electron chi connectivity index (χ1n) is 4.85. The Hall–Kier alpha value is -1.14. The van der Waals surface area contributed by atoms with Crippen LogP contribution in [0.1, 0.15) is 12.5 Å². The summed E-state index contributed by atoms with van der Waals surface area (Å²) in [6.45, 7) is 3.03. The monoisotopic (exact) mass is 277 g/mol. The van der Waals surface area contributed by atoms with Crippen molar-refractivity contribution in [2.45, 2.75) is 24.0 Å². The summed E-state index contributed by atoms with van der Waals surface area (Å²) in [5.41, 5.74) is 0.233. The van der Waals surface area contributed by atoms with Gasteiger partial charge in [0.15, 0.2) is 9.84 Å². The van der Waals surface area contributed by atoms with Crippen LogP contribution in [0.3, 0.4) is 0 Å².